The van der Waals surface area contributed by atoms with Crippen LogP contribution in [0.1, 0.15) is 18.2 Å². The fourth-order valence-corrected chi connectivity index (χ4v) is 2.18. The first-order valence-electron chi connectivity index (χ1n) is 5.67. The lowest BCUT2D eigenvalue weighted by atomic mass is 10.0. The Morgan fingerprint density at radius 1 is 1.11 bits per heavy atom. The molecule has 19 heavy (non-hydrogen) atoms. The van der Waals surface area contributed by atoms with E-state index in [1.807, 2.05) is 6.07 Å². The molecule has 1 aromatic heterocycles. The summed E-state index contributed by atoms with van der Waals surface area (Å²) in [7, 11) is 0. The smallest absolute Gasteiger partial charge is 0.161 e. The van der Waals surface area contributed by atoms with Crippen LogP contribution >= 0.6 is 23.2 Å². The van der Waals surface area contributed by atoms with Gasteiger partial charge in [-0.3, -0.25) is 9.78 Å². The van der Waals surface area contributed by atoms with Gasteiger partial charge in [-0.15, -0.1) is 0 Å². The number of ketones is 1. The van der Waals surface area contributed by atoms with Crippen molar-refractivity contribution < 1.29 is 4.79 Å². The Hall–Kier alpha value is -1.64. The molecule has 2 rings (SSSR count). The van der Waals surface area contributed by atoms with E-state index in [9.17, 15) is 4.79 Å². The predicted octanol–water partition coefficient (Wildman–Crippen LogP) is 4.52. The molecular formula is C15H11Cl2NO. The van der Waals surface area contributed by atoms with Crippen LogP contribution in [0.3, 0.4) is 0 Å². The van der Waals surface area contributed by atoms with E-state index in [1.54, 1.807) is 42.6 Å². The molecule has 0 radical (unpaired) electrons. The molecular weight excluding hydrogens is 281 g/mol. The van der Waals surface area contributed by atoms with Crippen molar-refractivity contribution in [1.29, 1.82) is 0 Å². The molecule has 0 N–H and O–H groups in total. The highest BCUT2D eigenvalue weighted by Crippen LogP contribution is 2.28. The van der Waals surface area contributed by atoms with Gasteiger partial charge in [-0.1, -0.05) is 35.3 Å². The van der Waals surface area contributed by atoms with Crippen LogP contribution in [0.2, 0.25) is 10.0 Å². The van der Waals surface area contributed by atoms with E-state index in [4.69, 9.17) is 23.2 Å². The third-order valence-corrected chi connectivity index (χ3v) is 3.27. The van der Waals surface area contributed by atoms with Crippen molar-refractivity contribution in [3.05, 3.63) is 63.9 Å². The van der Waals surface area contributed by atoms with Crippen molar-refractivity contribution in [1.82, 2.24) is 4.98 Å². The summed E-state index contributed by atoms with van der Waals surface area (Å²) in [5, 5.41) is 1.00. The van der Waals surface area contributed by atoms with E-state index in [2.05, 4.69) is 4.98 Å². The van der Waals surface area contributed by atoms with Crippen LogP contribution in [0.25, 0.3) is 11.6 Å². The third-order valence-electron chi connectivity index (χ3n) is 2.61. The number of allylic oxidation sites excluding steroid dienone is 1. The quantitative estimate of drug-likeness (QED) is 0.779. The van der Waals surface area contributed by atoms with Crippen molar-refractivity contribution >= 4 is 40.6 Å². The summed E-state index contributed by atoms with van der Waals surface area (Å²) < 4.78 is 0. The lowest BCUT2D eigenvalue weighted by Crippen LogP contribution is -1.98. The Kier molecular flexibility index (Phi) is 4.35. The highest BCUT2D eigenvalue weighted by molar-refractivity contribution is 6.38. The molecule has 2 aromatic rings. The molecule has 0 atom stereocenters. The molecule has 0 bridgehead atoms. The van der Waals surface area contributed by atoms with Gasteiger partial charge in [0, 0.05) is 27.4 Å². The highest BCUT2D eigenvalue weighted by atomic mass is 35.5. The van der Waals surface area contributed by atoms with Crippen molar-refractivity contribution in [2.45, 2.75) is 6.92 Å². The zero-order valence-electron chi connectivity index (χ0n) is 10.2. The maximum absolute atomic E-state index is 11.8. The molecule has 96 valence electrons. The van der Waals surface area contributed by atoms with Crippen LogP contribution < -0.4 is 0 Å². The first kappa shape index (κ1) is 13.8. The fourth-order valence-electron chi connectivity index (χ4n) is 1.67. The summed E-state index contributed by atoms with van der Waals surface area (Å²) in [5.74, 6) is -0.0883. The average molecular weight is 292 g/mol. The number of benzene rings is 1. The van der Waals surface area contributed by atoms with Crippen molar-refractivity contribution in [2.24, 2.45) is 0 Å². The standard InChI is InChI=1S/C15H11Cl2NO/c1-10(19)11(15-7-2-3-8-18-15)9-12-13(16)5-4-6-14(12)17/h2-9H,1H3/b11-9-. The Balaban J connectivity index is 2.57. The number of halogens is 2. The molecule has 0 aliphatic heterocycles. The van der Waals surface area contributed by atoms with E-state index in [0.29, 0.717) is 26.9 Å². The van der Waals surface area contributed by atoms with Gasteiger partial charge in [-0.25, -0.2) is 0 Å². The molecule has 0 aliphatic rings. The summed E-state index contributed by atoms with van der Waals surface area (Å²) in [6, 6.07) is 10.6. The molecule has 1 heterocycles. The van der Waals surface area contributed by atoms with Gasteiger partial charge in [-0.05, 0) is 37.3 Å². The Morgan fingerprint density at radius 3 is 2.32 bits per heavy atom. The summed E-state index contributed by atoms with van der Waals surface area (Å²) in [5.41, 5.74) is 1.71. The van der Waals surface area contributed by atoms with Gasteiger partial charge in [0.25, 0.3) is 0 Å². The Labute approximate surface area is 121 Å². The molecule has 0 spiro atoms. The summed E-state index contributed by atoms with van der Waals surface area (Å²) in [6.07, 6.45) is 3.32. The van der Waals surface area contributed by atoms with Crippen LogP contribution in [0.4, 0.5) is 0 Å². The molecule has 4 heteroatoms. The molecule has 0 aliphatic carbocycles. The Morgan fingerprint density at radius 2 is 1.79 bits per heavy atom. The van der Waals surface area contributed by atoms with Crippen LogP contribution in [0, 0.1) is 0 Å². The zero-order valence-corrected chi connectivity index (χ0v) is 11.7. The molecule has 0 amide bonds. The van der Waals surface area contributed by atoms with E-state index >= 15 is 0 Å². The van der Waals surface area contributed by atoms with E-state index in [1.165, 1.54) is 6.92 Å². The second-order valence-electron chi connectivity index (χ2n) is 3.96. The normalized spacial score (nSPS) is 11.4. The molecule has 1 aromatic carbocycles. The number of hydrogen-bond acceptors (Lipinski definition) is 2. The minimum absolute atomic E-state index is 0.0883. The van der Waals surface area contributed by atoms with E-state index < -0.39 is 0 Å². The van der Waals surface area contributed by atoms with Gasteiger partial charge < -0.3 is 0 Å². The minimum atomic E-state index is -0.0883. The number of hydrogen-bond donors (Lipinski definition) is 0. The molecule has 0 unspecified atom stereocenters. The number of pyridine rings is 1. The number of nitrogens with zero attached hydrogens (tertiary/aromatic N) is 1. The van der Waals surface area contributed by atoms with Gasteiger partial charge in [0.15, 0.2) is 5.78 Å². The largest absolute Gasteiger partial charge is 0.294 e. The van der Waals surface area contributed by atoms with Gasteiger partial charge in [0.2, 0.25) is 0 Å². The molecule has 0 saturated carbocycles. The number of aromatic nitrogens is 1. The highest BCUT2D eigenvalue weighted by Gasteiger charge is 2.11. The molecule has 0 saturated heterocycles. The van der Waals surface area contributed by atoms with Crippen molar-refractivity contribution in [3.63, 3.8) is 0 Å². The maximum atomic E-state index is 11.8. The second-order valence-corrected chi connectivity index (χ2v) is 4.78. The van der Waals surface area contributed by atoms with Crippen molar-refractivity contribution in [3.8, 4) is 0 Å². The summed E-state index contributed by atoms with van der Waals surface area (Å²) >= 11 is 12.2. The van der Waals surface area contributed by atoms with Gasteiger partial charge in [-0.2, -0.15) is 0 Å². The van der Waals surface area contributed by atoms with Crippen LogP contribution in [0.15, 0.2) is 42.6 Å². The number of carbonyl (C=O) groups is 1. The SMILES string of the molecule is CC(=O)/C(=C/c1c(Cl)cccc1Cl)c1ccccn1. The monoisotopic (exact) mass is 291 g/mol. The maximum Gasteiger partial charge on any atom is 0.161 e. The fraction of sp³-hybridized carbons (Fsp3) is 0.0667. The van der Waals surface area contributed by atoms with Crippen LogP contribution in [-0.4, -0.2) is 10.8 Å². The van der Waals surface area contributed by atoms with Gasteiger partial charge in [0.05, 0.1) is 5.69 Å². The van der Waals surface area contributed by atoms with Gasteiger partial charge in [0.1, 0.15) is 0 Å². The average Bonchev–Trinajstić information content (AvgIpc) is 2.39. The van der Waals surface area contributed by atoms with E-state index in [-0.39, 0.29) is 5.78 Å². The summed E-state index contributed by atoms with van der Waals surface area (Å²) in [6.45, 7) is 1.49. The lowest BCUT2D eigenvalue weighted by Gasteiger charge is -2.06. The third kappa shape index (κ3) is 3.22. The first-order chi connectivity index (χ1) is 9.09. The first-order valence-corrected chi connectivity index (χ1v) is 6.43. The number of carbonyl (C=O) groups excluding carboxylic acids is 1. The molecule has 2 nitrogen and oxygen atoms in total. The van der Waals surface area contributed by atoms with Crippen LogP contribution in [0.5, 0.6) is 0 Å². The number of Topliss-reactive ketones (excluding diaryl/α,β-unsaturated/α-hetero) is 1. The summed E-state index contributed by atoms with van der Waals surface area (Å²) in [4.78, 5) is 16.0. The molecule has 0 fully saturated rings. The second kappa shape index (κ2) is 6.00. The van der Waals surface area contributed by atoms with Crippen LogP contribution in [-0.2, 0) is 4.79 Å². The van der Waals surface area contributed by atoms with Crippen molar-refractivity contribution in [2.75, 3.05) is 0 Å². The topological polar surface area (TPSA) is 30.0 Å². The predicted molar refractivity (Wildman–Crippen MR) is 79.3 cm³/mol. The van der Waals surface area contributed by atoms with E-state index in [0.717, 1.165) is 0 Å². The Bertz CT molecular complexity index is 616. The lowest BCUT2D eigenvalue weighted by molar-refractivity contribution is -0.111. The zero-order chi connectivity index (χ0) is 13.8. The van der Waals surface area contributed by atoms with Gasteiger partial charge >= 0.3 is 0 Å². The number of rotatable bonds is 3. The minimum Gasteiger partial charge on any atom is -0.294 e.